The molecule has 1 fully saturated rings. The lowest BCUT2D eigenvalue weighted by Gasteiger charge is -2.41. The number of piperidine rings is 1. The smallest absolute Gasteiger partial charge is 0.254 e. The average Bonchev–Trinajstić information content (AvgIpc) is 3.15. The second-order valence-electron chi connectivity index (χ2n) is 7.69. The van der Waals surface area contributed by atoms with Crippen molar-refractivity contribution in [3.63, 3.8) is 0 Å². The molecule has 0 bridgehead atoms. The highest BCUT2D eigenvalue weighted by atomic mass is 16.7. The van der Waals surface area contributed by atoms with Crippen molar-refractivity contribution < 1.29 is 14.3 Å². The number of fused-ring (bicyclic) bond motifs is 1. The van der Waals surface area contributed by atoms with E-state index in [4.69, 9.17) is 9.47 Å². The monoisotopic (exact) mass is 367 g/mol. The number of pyridine rings is 1. The Bertz CT molecular complexity index is 854. The van der Waals surface area contributed by atoms with Crippen LogP contribution in [0.2, 0.25) is 0 Å². The van der Waals surface area contributed by atoms with Gasteiger partial charge in [-0.05, 0) is 54.5 Å². The number of hydrogen-bond acceptors (Lipinski definition) is 5. The first-order chi connectivity index (χ1) is 13.1. The number of ether oxygens (including phenoxy) is 2. The van der Waals surface area contributed by atoms with Gasteiger partial charge in [-0.3, -0.25) is 4.79 Å². The molecule has 1 aromatic carbocycles. The van der Waals surface area contributed by atoms with Gasteiger partial charge in [0.2, 0.25) is 6.79 Å². The average molecular weight is 367 g/mol. The Balaban J connectivity index is 1.48. The molecule has 1 atom stereocenters. The van der Waals surface area contributed by atoms with E-state index < -0.39 is 0 Å². The first-order valence-electron chi connectivity index (χ1n) is 9.38. The Hall–Kier alpha value is -2.76. The molecule has 2 aliphatic heterocycles. The third-order valence-electron chi connectivity index (χ3n) is 5.40. The van der Waals surface area contributed by atoms with Crippen LogP contribution in [0, 0.1) is 5.41 Å². The van der Waals surface area contributed by atoms with E-state index in [2.05, 4.69) is 29.4 Å². The molecule has 0 radical (unpaired) electrons. The molecule has 2 aliphatic rings. The number of anilines is 1. The Kier molecular flexibility index (Phi) is 4.64. The van der Waals surface area contributed by atoms with Gasteiger partial charge in [-0.2, -0.15) is 0 Å². The lowest BCUT2D eigenvalue weighted by atomic mass is 9.76. The van der Waals surface area contributed by atoms with Gasteiger partial charge in [0, 0.05) is 31.9 Å². The molecule has 0 aliphatic carbocycles. The molecular formula is C21H25N3O3. The second-order valence-corrected chi connectivity index (χ2v) is 7.69. The lowest BCUT2D eigenvalue weighted by Crippen LogP contribution is -2.45. The van der Waals surface area contributed by atoms with Crippen LogP contribution in [0.3, 0.4) is 0 Å². The number of likely N-dealkylation sites (tertiary alicyclic amines) is 1. The Morgan fingerprint density at radius 1 is 1.26 bits per heavy atom. The summed E-state index contributed by atoms with van der Waals surface area (Å²) in [5.41, 5.74) is 1.94. The van der Waals surface area contributed by atoms with E-state index in [1.54, 1.807) is 19.3 Å². The summed E-state index contributed by atoms with van der Waals surface area (Å²) < 4.78 is 10.9. The minimum atomic E-state index is 0.0421. The highest BCUT2D eigenvalue weighted by molar-refractivity contribution is 5.94. The van der Waals surface area contributed by atoms with Gasteiger partial charge in [0.1, 0.15) is 5.82 Å². The van der Waals surface area contributed by atoms with Crippen LogP contribution in [0.15, 0.2) is 36.5 Å². The van der Waals surface area contributed by atoms with Crippen molar-refractivity contribution in [2.75, 3.05) is 32.2 Å². The SMILES string of the molecule is CNc1cc(C(=O)N2CCC[C@](C)(Cc3ccc4c(c3)OCO4)C2)ccn1. The molecule has 4 rings (SSSR count). The van der Waals surface area contributed by atoms with Crippen LogP contribution in [0.1, 0.15) is 35.7 Å². The molecule has 6 heteroatoms. The van der Waals surface area contributed by atoms with Gasteiger partial charge in [0.25, 0.3) is 5.91 Å². The van der Waals surface area contributed by atoms with Crippen LogP contribution in [-0.4, -0.2) is 42.7 Å². The van der Waals surface area contributed by atoms with Crippen molar-refractivity contribution in [3.8, 4) is 11.5 Å². The Morgan fingerprint density at radius 3 is 2.96 bits per heavy atom. The first-order valence-corrected chi connectivity index (χ1v) is 9.38. The maximum atomic E-state index is 13.0. The molecule has 0 spiro atoms. The van der Waals surface area contributed by atoms with E-state index in [0.717, 1.165) is 43.9 Å². The Labute approximate surface area is 159 Å². The van der Waals surface area contributed by atoms with E-state index in [9.17, 15) is 4.79 Å². The van der Waals surface area contributed by atoms with E-state index in [1.165, 1.54) is 5.56 Å². The largest absolute Gasteiger partial charge is 0.454 e. The Morgan fingerprint density at radius 2 is 2.11 bits per heavy atom. The summed E-state index contributed by atoms with van der Waals surface area (Å²) >= 11 is 0. The zero-order valence-corrected chi connectivity index (χ0v) is 15.8. The number of carbonyl (C=O) groups excluding carboxylic acids is 1. The molecule has 6 nitrogen and oxygen atoms in total. The quantitative estimate of drug-likeness (QED) is 0.898. The van der Waals surface area contributed by atoms with Crippen LogP contribution < -0.4 is 14.8 Å². The zero-order chi connectivity index (χ0) is 18.9. The van der Waals surface area contributed by atoms with Crippen molar-refractivity contribution in [3.05, 3.63) is 47.7 Å². The molecule has 1 amide bonds. The predicted molar refractivity (Wildman–Crippen MR) is 103 cm³/mol. The van der Waals surface area contributed by atoms with E-state index in [-0.39, 0.29) is 11.3 Å². The maximum Gasteiger partial charge on any atom is 0.254 e. The number of rotatable bonds is 4. The van der Waals surface area contributed by atoms with Gasteiger partial charge in [-0.15, -0.1) is 0 Å². The zero-order valence-electron chi connectivity index (χ0n) is 15.8. The molecule has 1 N–H and O–H groups in total. The highest BCUT2D eigenvalue weighted by Crippen LogP contribution is 2.37. The van der Waals surface area contributed by atoms with Gasteiger partial charge >= 0.3 is 0 Å². The summed E-state index contributed by atoms with van der Waals surface area (Å²) in [4.78, 5) is 19.2. The van der Waals surface area contributed by atoms with Crippen molar-refractivity contribution in [1.29, 1.82) is 0 Å². The molecule has 1 aromatic heterocycles. The topological polar surface area (TPSA) is 63.7 Å². The van der Waals surface area contributed by atoms with E-state index in [0.29, 0.717) is 18.2 Å². The fourth-order valence-corrected chi connectivity index (χ4v) is 4.06. The third-order valence-corrected chi connectivity index (χ3v) is 5.40. The number of nitrogens with zero attached hydrogens (tertiary/aromatic N) is 2. The molecular weight excluding hydrogens is 342 g/mol. The van der Waals surface area contributed by atoms with Crippen LogP contribution in [0.25, 0.3) is 0 Å². The fraction of sp³-hybridized carbons (Fsp3) is 0.429. The van der Waals surface area contributed by atoms with Gasteiger partial charge in [-0.1, -0.05) is 13.0 Å². The van der Waals surface area contributed by atoms with Gasteiger partial charge in [-0.25, -0.2) is 4.98 Å². The first kappa shape index (κ1) is 17.6. The van der Waals surface area contributed by atoms with Gasteiger partial charge in [0.15, 0.2) is 11.5 Å². The number of aromatic nitrogens is 1. The van der Waals surface area contributed by atoms with Gasteiger partial charge in [0.05, 0.1) is 0 Å². The summed E-state index contributed by atoms with van der Waals surface area (Å²) in [5.74, 6) is 2.41. The summed E-state index contributed by atoms with van der Waals surface area (Å²) in [6.45, 7) is 4.10. The van der Waals surface area contributed by atoms with Crippen molar-refractivity contribution >= 4 is 11.7 Å². The third kappa shape index (κ3) is 3.70. The molecule has 1 saturated heterocycles. The normalized spacial score (nSPS) is 21.2. The van der Waals surface area contributed by atoms with Crippen molar-refractivity contribution in [1.82, 2.24) is 9.88 Å². The second kappa shape index (κ2) is 7.10. The maximum absolute atomic E-state index is 13.0. The molecule has 2 aromatic rings. The molecule has 27 heavy (non-hydrogen) atoms. The van der Waals surface area contributed by atoms with Crippen LogP contribution in [-0.2, 0) is 6.42 Å². The minimum Gasteiger partial charge on any atom is -0.454 e. The number of benzene rings is 1. The van der Waals surface area contributed by atoms with Crippen LogP contribution in [0.4, 0.5) is 5.82 Å². The van der Waals surface area contributed by atoms with Crippen LogP contribution >= 0.6 is 0 Å². The molecule has 3 heterocycles. The number of amides is 1. The number of nitrogens with one attached hydrogen (secondary N) is 1. The summed E-state index contributed by atoms with van der Waals surface area (Å²) in [6.07, 6.45) is 4.69. The fourth-order valence-electron chi connectivity index (χ4n) is 4.06. The number of carbonyl (C=O) groups is 1. The summed E-state index contributed by atoms with van der Waals surface area (Å²) in [7, 11) is 1.81. The minimum absolute atomic E-state index is 0.0421. The lowest BCUT2D eigenvalue weighted by molar-refractivity contribution is 0.0550. The standard InChI is InChI=1S/C21H25N3O3/c1-21(12-15-4-5-17-18(10-15)27-14-26-17)7-3-9-24(13-21)20(25)16-6-8-23-19(11-16)22-2/h4-6,8,10-11H,3,7,9,12-14H2,1-2H3,(H,22,23)/t21-/m1/s1. The highest BCUT2D eigenvalue weighted by Gasteiger charge is 2.34. The van der Waals surface area contributed by atoms with Crippen molar-refractivity contribution in [2.24, 2.45) is 5.41 Å². The van der Waals surface area contributed by atoms with Crippen molar-refractivity contribution in [2.45, 2.75) is 26.2 Å². The van der Waals surface area contributed by atoms with Gasteiger partial charge < -0.3 is 19.7 Å². The molecule has 142 valence electrons. The molecule has 0 unspecified atom stereocenters. The van der Waals surface area contributed by atoms with E-state index in [1.807, 2.05) is 17.0 Å². The predicted octanol–water partition coefficient (Wildman–Crippen LogP) is 3.34. The summed E-state index contributed by atoms with van der Waals surface area (Å²) in [5, 5.41) is 2.99. The number of hydrogen-bond donors (Lipinski definition) is 1. The summed E-state index contributed by atoms with van der Waals surface area (Å²) in [6, 6.07) is 9.74. The van der Waals surface area contributed by atoms with E-state index >= 15 is 0 Å². The molecule has 0 saturated carbocycles. The van der Waals surface area contributed by atoms with Crippen LogP contribution in [0.5, 0.6) is 11.5 Å².